The van der Waals surface area contributed by atoms with Gasteiger partial charge < -0.3 is 15.2 Å². The molecule has 1 aromatic rings. The van der Waals surface area contributed by atoms with Crippen molar-refractivity contribution in [1.82, 2.24) is 20.2 Å². The topological polar surface area (TPSA) is 136 Å². The number of aromatic amines is 1. The van der Waals surface area contributed by atoms with Gasteiger partial charge in [-0.2, -0.15) is 0 Å². The van der Waals surface area contributed by atoms with Gasteiger partial charge in [-0.05, 0) is 12.3 Å². The Kier molecular flexibility index (Phi) is 6.70. The number of imidazole rings is 1. The SMILES string of the molecule is CC(C)CC(NC(Cc1cnc[nH]1)C(=O)N(C)C(=O)O)C(=O)O. The Balaban J connectivity index is 2.95. The predicted molar refractivity (Wildman–Crippen MR) is 80.9 cm³/mol. The molecule has 1 heterocycles. The Morgan fingerprint density at radius 3 is 2.39 bits per heavy atom. The highest BCUT2D eigenvalue weighted by Crippen LogP contribution is 2.09. The molecule has 2 atom stereocenters. The van der Waals surface area contributed by atoms with E-state index in [0.717, 1.165) is 7.05 Å². The molecule has 0 fully saturated rings. The molecule has 0 aliphatic carbocycles. The summed E-state index contributed by atoms with van der Waals surface area (Å²) in [6.45, 7) is 3.74. The van der Waals surface area contributed by atoms with Crippen LogP contribution >= 0.6 is 0 Å². The number of aliphatic carboxylic acids is 1. The van der Waals surface area contributed by atoms with Crippen LogP contribution in [0.3, 0.4) is 0 Å². The van der Waals surface area contributed by atoms with E-state index in [9.17, 15) is 19.5 Å². The Hall–Kier alpha value is -2.42. The number of nitrogens with one attached hydrogen (secondary N) is 2. The maximum atomic E-state index is 12.3. The molecule has 0 saturated carbocycles. The van der Waals surface area contributed by atoms with Crippen molar-refractivity contribution in [3.8, 4) is 0 Å². The van der Waals surface area contributed by atoms with Crippen molar-refractivity contribution in [2.24, 2.45) is 5.92 Å². The maximum Gasteiger partial charge on any atom is 0.413 e. The minimum absolute atomic E-state index is 0.101. The van der Waals surface area contributed by atoms with E-state index in [1.807, 2.05) is 13.8 Å². The number of carboxylic acids is 1. The van der Waals surface area contributed by atoms with Gasteiger partial charge >= 0.3 is 12.1 Å². The molecule has 1 rings (SSSR count). The zero-order chi connectivity index (χ0) is 17.6. The smallest absolute Gasteiger partial charge is 0.413 e. The second-order valence-electron chi connectivity index (χ2n) is 5.70. The number of carbonyl (C=O) groups is 3. The molecule has 4 N–H and O–H groups in total. The van der Waals surface area contributed by atoms with Crippen LogP contribution in [-0.4, -0.2) is 62.2 Å². The number of nitrogens with zero attached hydrogens (tertiary/aromatic N) is 2. The zero-order valence-electron chi connectivity index (χ0n) is 13.3. The predicted octanol–water partition coefficient (Wildman–Crippen LogP) is 0.546. The molecule has 128 valence electrons. The monoisotopic (exact) mass is 326 g/mol. The van der Waals surface area contributed by atoms with Crippen LogP contribution in [0.2, 0.25) is 0 Å². The fourth-order valence-electron chi connectivity index (χ4n) is 2.12. The number of carbonyl (C=O) groups excluding carboxylic acids is 1. The Bertz CT molecular complexity index is 543. The van der Waals surface area contributed by atoms with E-state index in [0.29, 0.717) is 17.0 Å². The number of aromatic nitrogens is 2. The Labute approximate surface area is 133 Å². The molecule has 2 amide bonds. The van der Waals surface area contributed by atoms with Crippen LogP contribution in [0.25, 0.3) is 0 Å². The first-order chi connectivity index (χ1) is 10.7. The lowest BCUT2D eigenvalue weighted by Gasteiger charge is -2.25. The lowest BCUT2D eigenvalue weighted by molar-refractivity contribution is -0.140. The van der Waals surface area contributed by atoms with Crippen LogP contribution in [0, 0.1) is 5.92 Å². The van der Waals surface area contributed by atoms with E-state index in [4.69, 9.17) is 5.11 Å². The highest BCUT2D eigenvalue weighted by molar-refractivity contribution is 5.94. The number of carboxylic acid groups (broad SMARTS) is 2. The molecular weight excluding hydrogens is 304 g/mol. The Morgan fingerprint density at radius 1 is 1.30 bits per heavy atom. The highest BCUT2D eigenvalue weighted by atomic mass is 16.4. The second-order valence-corrected chi connectivity index (χ2v) is 5.70. The fraction of sp³-hybridized carbons (Fsp3) is 0.571. The summed E-state index contributed by atoms with van der Waals surface area (Å²) in [6, 6.07) is -1.94. The van der Waals surface area contributed by atoms with E-state index >= 15 is 0 Å². The quantitative estimate of drug-likeness (QED) is 0.547. The van der Waals surface area contributed by atoms with Gasteiger partial charge in [-0.15, -0.1) is 0 Å². The molecule has 23 heavy (non-hydrogen) atoms. The Morgan fingerprint density at radius 2 is 1.96 bits per heavy atom. The van der Waals surface area contributed by atoms with Gasteiger partial charge in [-0.3, -0.25) is 14.9 Å². The van der Waals surface area contributed by atoms with Gasteiger partial charge in [0.1, 0.15) is 6.04 Å². The average molecular weight is 326 g/mol. The molecule has 0 saturated heterocycles. The number of likely N-dealkylation sites (N-methyl/N-ethyl adjacent to an activating group) is 1. The molecule has 0 radical (unpaired) electrons. The van der Waals surface area contributed by atoms with Crippen molar-refractivity contribution in [1.29, 1.82) is 0 Å². The summed E-state index contributed by atoms with van der Waals surface area (Å²) in [4.78, 5) is 41.9. The van der Waals surface area contributed by atoms with Crippen molar-refractivity contribution in [3.63, 3.8) is 0 Å². The number of H-pyrrole nitrogens is 1. The molecule has 0 spiro atoms. The summed E-state index contributed by atoms with van der Waals surface area (Å²) in [5.41, 5.74) is 0.600. The van der Waals surface area contributed by atoms with Gasteiger partial charge in [0.05, 0.1) is 12.4 Å². The van der Waals surface area contributed by atoms with Gasteiger partial charge in [-0.1, -0.05) is 13.8 Å². The van der Waals surface area contributed by atoms with Crippen molar-refractivity contribution >= 4 is 18.0 Å². The average Bonchev–Trinajstić information content (AvgIpc) is 2.96. The molecular formula is C14H22N4O5. The molecule has 0 bridgehead atoms. The number of rotatable bonds is 8. The third kappa shape index (κ3) is 5.70. The van der Waals surface area contributed by atoms with Gasteiger partial charge in [0.2, 0.25) is 5.91 Å². The molecule has 9 heteroatoms. The lowest BCUT2D eigenvalue weighted by Crippen LogP contribution is -2.53. The zero-order valence-corrected chi connectivity index (χ0v) is 13.3. The molecule has 0 aliphatic heterocycles. The first-order valence-corrected chi connectivity index (χ1v) is 7.19. The van der Waals surface area contributed by atoms with Gasteiger partial charge in [0.25, 0.3) is 0 Å². The fourth-order valence-corrected chi connectivity index (χ4v) is 2.12. The minimum atomic E-state index is -1.40. The van der Waals surface area contributed by atoms with Crippen molar-refractivity contribution in [2.75, 3.05) is 7.05 Å². The summed E-state index contributed by atoms with van der Waals surface area (Å²) >= 11 is 0. The van der Waals surface area contributed by atoms with Crippen molar-refractivity contribution in [2.45, 2.75) is 38.8 Å². The number of hydrogen-bond acceptors (Lipinski definition) is 5. The first-order valence-electron chi connectivity index (χ1n) is 7.19. The highest BCUT2D eigenvalue weighted by Gasteiger charge is 2.31. The van der Waals surface area contributed by atoms with Crippen LogP contribution < -0.4 is 5.32 Å². The molecule has 2 unspecified atom stereocenters. The van der Waals surface area contributed by atoms with Crippen LogP contribution in [0.4, 0.5) is 4.79 Å². The van der Waals surface area contributed by atoms with Crippen LogP contribution in [0.5, 0.6) is 0 Å². The van der Waals surface area contributed by atoms with Crippen LogP contribution in [-0.2, 0) is 16.0 Å². The van der Waals surface area contributed by atoms with Gasteiger partial charge in [0.15, 0.2) is 0 Å². The third-order valence-corrected chi connectivity index (χ3v) is 3.30. The number of amides is 2. The van der Waals surface area contributed by atoms with E-state index in [2.05, 4.69) is 15.3 Å². The van der Waals surface area contributed by atoms with Crippen molar-refractivity contribution in [3.05, 3.63) is 18.2 Å². The standard InChI is InChI=1S/C14H22N4O5/c1-8(2)4-11(13(20)21)17-10(5-9-6-15-7-16-9)12(19)18(3)14(22)23/h6-8,10-11,17H,4-5H2,1-3H3,(H,15,16)(H,20,21)(H,22,23). The molecule has 1 aromatic heterocycles. The van der Waals surface area contributed by atoms with Gasteiger partial charge in [-0.25, -0.2) is 14.7 Å². The first kappa shape index (κ1) is 18.6. The minimum Gasteiger partial charge on any atom is -0.480 e. The van der Waals surface area contributed by atoms with E-state index < -0.39 is 30.1 Å². The summed E-state index contributed by atoms with van der Waals surface area (Å²) in [5.74, 6) is -1.70. The summed E-state index contributed by atoms with van der Waals surface area (Å²) < 4.78 is 0. The van der Waals surface area contributed by atoms with Crippen molar-refractivity contribution < 1.29 is 24.6 Å². The van der Waals surface area contributed by atoms with E-state index in [1.54, 1.807) is 0 Å². The van der Waals surface area contributed by atoms with E-state index in [1.165, 1.54) is 12.5 Å². The van der Waals surface area contributed by atoms with Crippen LogP contribution in [0.15, 0.2) is 12.5 Å². The number of imide groups is 1. The second kappa shape index (κ2) is 8.28. The van der Waals surface area contributed by atoms with Crippen LogP contribution in [0.1, 0.15) is 26.0 Å². The summed E-state index contributed by atoms with van der Waals surface area (Å²) in [7, 11) is 1.13. The normalized spacial score (nSPS) is 13.6. The van der Waals surface area contributed by atoms with Gasteiger partial charge in [0, 0.05) is 25.4 Å². The van der Waals surface area contributed by atoms with E-state index in [-0.39, 0.29) is 12.3 Å². The molecule has 0 aromatic carbocycles. The third-order valence-electron chi connectivity index (χ3n) is 3.30. The summed E-state index contributed by atoms with van der Waals surface area (Å²) in [6.07, 6.45) is 1.96. The summed E-state index contributed by atoms with van der Waals surface area (Å²) in [5, 5.41) is 21.0. The maximum absolute atomic E-state index is 12.3. The lowest BCUT2D eigenvalue weighted by atomic mass is 10.0. The molecule has 0 aliphatic rings. The number of hydrogen-bond donors (Lipinski definition) is 4. The largest absolute Gasteiger partial charge is 0.480 e. The molecule has 9 nitrogen and oxygen atoms in total.